The van der Waals surface area contributed by atoms with Crippen molar-refractivity contribution in [3.05, 3.63) is 58.0 Å². The van der Waals surface area contributed by atoms with Crippen molar-refractivity contribution < 1.29 is 24.2 Å². The number of carbonyl (C=O) groups is 2. The number of hydrogen-bond donors (Lipinski definition) is 1. The lowest BCUT2D eigenvalue weighted by atomic mass is 10.2. The van der Waals surface area contributed by atoms with Crippen LogP contribution in [0.5, 0.6) is 11.5 Å². The number of carboxylic acids is 1. The fourth-order valence-electron chi connectivity index (χ4n) is 2.46. The molecule has 2 aromatic carbocycles. The van der Waals surface area contributed by atoms with Crippen molar-refractivity contribution in [1.82, 2.24) is 4.90 Å². The number of likely N-dealkylation sites (N-methyl/N-ethyl adjacent to an activating group) is 1. The molecular weight excluding hydrogens is 416 g/mol. The van der Waals surface area contributed by atoms with E-state index in [0.717, 1.165) is 0 Å². The minimum absolute atomic E-state index is 0.173. The molecule has 0 unspecified atom stereocenters. The molecule has 9 heteroatoms. The van der Waals surface area contributed by atoms with E-state index in [2.05, 4.69) is 4.99 Å². The molecule has 1 fully saturated rings. The van der Waals surface area contributed by atoms with Gasteiger partial charge in [-0.1, -0.05) is 17.7 Å². The predicted molar refractivity (Wildman–Crippen MR) is 113 cm³/mol. The van der Waals surface area contributed by atoms with Crippen molar-refractivity contribution in [2.45, 2.75) is 0 Å². The Hall–Kier alpha value is -2.97. The highest BCUT2D eigenvalue weighted by Crippen LogP contribution is 2.35. The Morgan fingerprint density at radius 3 is 2.62 bits per heavy atom. The molecule has 1 saturated heterocycles. The molecule has 0 bridgehead atoms. The van der Waals surface area contributed by atoms with Crippen LogP contribution in [0.2, 0.25) is 5.02 Å². The molecule has 0 spiro atoms. The van der Waals surface area contributed by atoms with E-state index in [9.17, 15) is 9.59 Å². The molecule has 7 nitrogen and oxygen atoms in total. The molecule has 1 heterocycles. The number of amidine groups is 1. The summed E-state index contributed by atoms with van der Waals surface area (Å²) in [4.78, 5) is 29.7. The predicted octanol–water partition coefficient (Wildman–Crippen LogP) is 4.05. The number of halogens is 1. The normalized spacial score (nSPS) is 16.5. The van der Waals surface area contributed by atoms with Crippen LogP contribution in [-0.4, -0.2) is 47.8 Å². The molecule has 150 valence electrons. The van der Waals surface area contributed by atoms with Gasteiger partial charge in [0.1, 0.15) is 0 Å². The first kappa shape index (κ1) is 20.8. The number of carboxylic acid groups (broad SMARTS) is 1. The van der Waals surface area contributed by atoms with Crippen LogP contribution in [0.15, 0.2) is 52.4 Å². The third-order valence-corrected chi connectivity index (χ3v) is 5.20. The molecule has 0 saturated carbocycles. The zero-order valence-electron chi connectivity index (χ0n) is 15.6. The van der Waals surface area contributed by atoms with Gasteiger partial charge >= 0.3 is 5.97 Å². The third-order valence-electron chi connectivity index (χ3n) is 3.89. The average Bonchev–Trinajstić information content (AvgIpc) is 2.96. The van der Waals surface area contributed by atoms with Crippen LogP contribution >= 0.6 is 23.4 Å². The molecule has 1 N–H and O–H groups in total. The molecule has 2 aromatic rings. The Balaban J connectivity index is 1.83. The minimum atomic E-state index is -1.08. The van der Waals surface area contributed by atoms with E-state index >= 15 is 0 Å². The number of hydrogen-bond acceptors (Lipinski definition) is 6. The summed E-state index contributed by atoms with van der Waals surface area (Å²) >= 11 is 7.15. The molecule has 0 radical (unpaired) electrons. The second-order valence-corrected chi connectivity index (χ2v) is 7.38. The second-order valence-electron chi connectivity index (χ2n) is 5.94. The molecule has 0 aliphatic carbocycles. The minimum Gasteiger partial charge on any atom is -0.493 e. The highest BCUT2D eigenvalue weighted by molar-refractivity contribution is 8.18. The molecule has 3 rings (SSSR count). The van der Waals surface area contributed by atoms with Crippen LogP contribution in [0, 0.1) is 0 Å². The second kappa shape index (κ2) is 9.02. The van der Waals surface area contributed by atoms with E-state index in [1.807, 2.05) is 0 Å². The highest BCUT2D eigenvalue weighted by Gasteiger charge is 2.30. The largest absolute Gasteiger partial charge is 0.493 e. The van der Waals surface area contributed by atoms with Gasteiger partial charge in [-0.15, -0.1) is 0 Å². The first-order valence-corrected chi connectivity index (χ1v) is 9.61. The quantitative estimate of drug-likeness (QED) is 0.693. The van der Waals surface area contributed by atoms with Crippen molar-refractivity contribution in [1.29, 1.82) is 0 Å². The Bertz CT molecular complexity index is 1000. The van der Waals surface area contributed by atoms with Gasteiger partial charge in [0.25, 0.3) is 5.91 Å². The van der Waals surface area contributed by atoms with Crippen LogP contribution in [0.3, 0.4) is 0 Å². The summed E-state index contributed by atoms with van der Waals surface area (Å²) < 4.78 is 10.4. The highest BCUT2D eigenvalue weighted by atomic mass is 35.5. The number of carbonyl (C=O) groups excluding carboxylic acids is 1. The first-order chi connectivity index (χ1) is 13.9. The molecule has 29 heavy (non-hydrogen) atoms. The average molecular weight is 433 g/mol. The summed E-state index contributed by atoms with van der Waals surface area (Å²) in [5, 5.41) is 9.91. The molecule has 1 amide bonds. The summed E-state index contributed by atoms with van der Waals surface area (Å²) in [6.07, 6.45) is 1.72. The number of methoxy groups -OCH3 is 1. The van der Waals surface area contributed by atoms with Crippen molar-refractivity contribution in [3.8, 4) is 11.5 Å². The van der Waals surface area contributed by atoms with Crippen LogP contribution in [0.25, 0.3) is 6.08 Å². The lowest BCUT2D eigenvalue weighted by molar-refractivity contribution is -0.139. The lowest BCUT2D eigenvalue weighted by Crippen LogP contribution is -2.23. The monoisotopic (exact) mass is 432 g/mol. The lowest BCUT2D eigenvalue weighted by Gasteiger charge is -2.09. The van der Waals surface area contributed by atoms with Gasteiger partial charge in [-0.05, 0) is 59.8 Å². The van der Waals surface area contributed by atoms with E-state index in [-0.39, 0.29) is 5.91 Å². The molecule has 0 atom stereocenters. The Labute approximate surface area is 176 Å². The van der Waals surface area contributed by atoms with E-state index in [1.165, 1.54) is 23.8 Å². The SMILES string of the molecule is COc1cc(C=C2SC(=Nc3ccc(Cl)cc3)N(C)C2=O)ccc1OCC(=O)O. The van der Waals surface area contributed by atoms with Gasteiger partial charge in [-0.25, -0.2) is 9.79 Å². The number of rotatable bonds is 6. The summed E-state index contributed by atoms with van der Waals surface area (Å²) in [6.45, 7) is -0.472. The fraction of sp³-hybridized carbons (Fsp3) is 0.150. The van der Waals surface area contributed by atoms with E-state index in [4.69, 9.17) is 26.2 Å². The molecule has 1 aliphatic rings. The zero-order chi connectivity index (χ0) is 21.0. The van der Waals surface area contributed by atoms with Crippen LogP contribution in [0.4, 0.5) is 5.69 Å². The van der Waals surface area contributed by atoms with Gasteiger partial charge in [0, 0.05) is 12.1 Å². The maximum absolute atomic E-state index is 12.6. The molecule has 0 aromatic heterocycles. The van der Waals surface area contributed by atoms with Crippen molar-refractivity contribution in [2.24, 2.45) is 4.99 Å². The van der Waals surface area contributed by atoms with Gasteiger partial charge in [-0.3, -0.25) is 9.69 Å². The van der Waals surface area contributed by atoms with Crippen molar-refractivity contribution >= 4 is 52.2 Å². The summed E-state index contributed by atoms with van der Waals surface area (Å²) in [5.41, 5.74) is 1.40. The number of ether oxygens (including phenoxy) is 2. The van der Waals surface area contributed by atoms with Gasteiger partial charge in [0.05, 0.1) is 17.7 Å². The van der Waals surface area contributed by atoms with Gasteiger partial charge in [-0.2, -0.15) is 0 Å². The standard InChI is InChI=1S/C20H17ClN2O5S/c1-23-19(26)17(29-20(23)22-14-6-4-13(21)5-7-14)10-12-3-8-15(16(9-12)27-2)28-11-18(24)25/h3-10H,11H2,1-2H3,(H,24,25). The van der Waals surface area contributed by atoms with Crippen molar-refractivity contribution in [2.75, 3.05) is 20.8 Å². The maximum atomic E-state index is 12.6. The van der Waals surface area contributed by atoms with Gasteiger partial charge < -0.3 is 14.6 Å². The fourth-order valence-corrected chi connectivity index (χ4v) is 3.57. The zero-order valence-corrected chi connectivity index (χ0v) is 17.2. The van der Waals surface area contributed by atoms with Gasteiger partial charge in [0.2, 0.25) is 0 Å². The summed E-state index contributed by atoms with van der Waals surface area (Å²) in [5.74, 6) is -0.571. The number of amides is 1. The van der Waals surface area contributed by atoms with Crippen molar-refractivity contribution in [3.63, 3.8) is 0 Å². The van der Waals surface area contributed by atoms with Crippen LogP contribution in [0.1, 0.15) is 5.56 Å². The Morgan fingerprint density at radius 2 is 1.97 bits per heavy atom. The maximum Gasteiger partial charge on any atom is 0.341 e. The summed E-state index contributed by atoms with van der Waals surface area (Å²) in [6, 6.07) is 12.0. The Morgan fingerprint density at radius 1 is 1.24 bits per heavy atom. The topological polar surface area (TPSA) is 88.4 Å². The Kier molecular flexibility index (Phi) is 6.46. The number of thioether (sulfide) groups is 1. The number of aliphatic imine (C=N–C) groups is 1. The van der Waals surface area contributed by atoms with E-state index < -0.39 is 12.6 Å². The third kappa shape index (κ3) is 5.10. The number of benzene rings is 2. The van der Waals surface area contributed by atoms with E-state index in [0.29, 0.717) is 37.8 Å². The van der Waals surface area contributed by atoms with E-state index in [1.54, 1.807) is 55.6 Å². The van der Waals surface area contributed by atoms with Crippen LogP contribution < -0.4 is 9.47 Å². The number of nitrogens with zero attached hydrogens (tertiary/aromatic N) is 2. The molecule has 1 aliphatic heterocycles. The van der Waals surface area contributed by atoms with Gasteiger partial charge in [0.15, 0.2) is 23.3 Å². The summed E-state index contributed by atoms with van der Waals surface area (Å²) in [7, 11) is 3.12. The first-order valence-electron chi connectivity index (χ1n) is 8.42. The smallest absolute Gasteiger partial charge is 0.341 e. The molecular formula is C20H17ClN2O5S. The number of aliphatic carboxylic acids is 1. The van der Waals surface area contributed by atoms with Crippen LogP contribution in [-0.2, 0) is 9.59 Å².